The highest BCUT2D eigenvalue weighted by molar-refractivity contribution is 5.91. The lowest BCUT2D eigenvalue weighted by molar-refractivity contribution is 0.103. The molecule has 9 heteroatoms. The molecule has 0 spiro atoms. The molecule has 7 rings (SSSR count). The zero-order valence-corrected chi connectivity index (χ0v) is 20.2. The first-order chi connectivity index (χ1) is 18.1. The van der Waals surface area contributed by atoms with Crippen molar-refractivity contribution in [1.82, 2.24) is 29.3 Å². The van der Waals surface area contributed by atoms with Crippen molar-refractivity contribution in [2.24, 2.45) is 5.92 Å². The van der Waals surface area contributed by atoms with Crippen molar-refractivity contribution < 1.29 is 5.11 Å². The Balaban J connectivity index is 1.13. The number of H-pyrrole nitrogens is 2. The number of para-hydroxylation sites is 3. The fraction of sp³-hybridized carbons (Fsp3) is 0.250. The van der Waals surface area contributed by atoms with Gasteiger partial charge < -0.3 is 26.1 Å². The molecule has 4 aromatic heterocycles. The van der Waals surface area contributed by atoms with E-state index in [1.807, 2.05) is 42.6 Å². The van der Waals surface area contributed by atoms with Gasteiger partial charge in [0.15, 0.2) is 0 Å². The van der Waals surface area contributed by atoms with Crippen LogP contribution < -0.4 is 11.1 Å². The summed E-state index contributed by atoms with van der Waals surface area (Å²) < 4.78 is 2.09. The number of aliphatic hydroxyl groups excluding tert-OH is 1. The van der Waals surface area contributed by atoms with E-state index in [2.05, 4.69) is 47.9 Å². The largest absolute Gasteiger partial charge is 0.382 e. The first kappa shape index (κ1) is 21.9. The second kappa shape index (κ2) is 8.63. The third-order valence-corrected chi connectivity index (χ3v) is 7.65. The average Bonchev–Trinajstić information content (AvgIpc) is 3.63. The lowest BCUT2D eigenvalue weighted by Gasteiger charge is -2.31. The molecule has 1 fully saturated rings. The number of aromatic amines is 2. The number of anilines is 2. The Kier molecular flexibility index (Phi) is 5.10. The normalized spacial score (nSPS) is 19.1. The number of fused-ring (bicyclic) bond motifs is 3. The van der Waals surface area contributed by atoms with E-state index >= 15 is 0 Å². The number of hydrogen-bond donors (Lipinski definition) is 5. The summed E-state index contributed by atoms with van der Waals surface area (Å²) in [4.78, 5) is 20.7. The van der Waals surface area contributed by atoms with Gasteiger partial charge in [0.05, 0.1) is 16.7 Å². The van der Waals surface area contributed by atoms with E-state index in [0.29, 0.717) is 11.8 Å². The molecule has 6 aromatic rings. The minimum atomic E-state index is -0.666. The second-order valence-electron chi connectivity index (χ2n) is 9.92. The molecule has 1 aliphatic rings. The number of hydrogen-bond acceptors (Lipinski definition) is 6. The predicted octanol–water partition coefficient (Wildman–Crippen LogP) is 5.04. The zero-order chi connectivity index (χ0) is 24.9. The number of nitrogens with one attached hydrogen (secondary N) is 3. The fourth-order valence-corrected chi connectivity index (χ4v) is 5.74. The summed E-state index contributed by atoms with van der Waals surface area (Å²) in [5, 5.41) is 15.2. The summed E-state index contributed by atoms with van der Waals surface area (Å²) in [6.07, 6.45) is 6.64. The summed E-state index contributed by atoms with van der Waals surface area (Å²) in [5.41, 5.74) is 11.8. The Labute approximate surface area is 212 Å². The number of nitrogen functional groups attached to an aromatic ring is 1. The van der Waals surface area contributed by atoms with Gasteiger partial charge in [-0.3, -0.25) is 4.40 Å². The van der Waals surface area contributed by atoms with E-state index < -0.39 is 6.23 Å². The Morgan fingerprint density at radius 1 is 0.973 bits per heavy atom. The Morgan fingerprint density at radius 2 is 1.76 bits per heavy atom. The first-order valence-electron chi connectivity index (χ1n) is 12.7. The summed E-state index contributed by atoms with van der Waals surface area (Å²) in [6, 6.07) is 18.2. The van der Waals surface area contributed by atoms with Crippen LogP contribution in [-0.4, -0.2) is 40.7 Å². The van der Waals surface area contributed by atoms with Crippen LogP contribution in [0, 0.1) is 5.92 Å². The van der Waals surface area contributed by atoms with E-state index in [-0.39, 0.29) is 11.8 Å². The van der Waals surface area contributed by atoms with E-state index in [4.69, 9.17) is 10.7 Å². The molecular formula is C28H28N8O. The van der Waals surface area contributed by atoms with Gasteiger partial charge >= 0.3 is 0 Å². The van der Waals surface area contributed by atoms with Gasteiger partial charge in [0.25, 0.3) is 0 Å². The number of aromatic nitrogens is 6. The van der Waals surface area contributed by atoms with Crippen molar-refractivity contribution in [2.75, 3.05) is 11.1 Å². The molecule has 0 unspecified atom stereocenters. The molecule has 0 amide bonds. The topological polar surface area (TPSA) is 133 Å². The molecule has 1 saturated carbocycles. The monoisotopic (exact) mass is 492 g/mol. The van der Waals surface area contributed by atoms with Crippen LogP contribution in [0.1, 0.15) is 37.4 Å². The SMILES string of the molecule is Nc1nccn2c(C3CCC([C@@H](O)Nc4nc5ccccc5[nH]4)CC3)nc(-c3cc4ccccc4[nH]3)c12. The Hall–Kier alpha value is -4.37. The number of nitrogens with zero attached hydrogens (tertiary/aromatic N) is 4. The van der Waals surface area contributed by atoms with Crippen LogP contribution >= 0.6 is 0 Å². The van der Waals surface area contributed by atoms with Crippen LogP contribution in [0.25, 0.3) is 38.8 Å². The lowest BCUT2D eigenvalue weighted by atomic mass is 9.80. The molecule has 186 valence electrons. The molecule has 1 atom stereocenters. The lowest BCUT2D eigenvalue weighted by Crippen LogP contribution is -2.32. The number of benzene rings is 2. The van der Waals surface area contributed by atoms with Crippen molar-refractivity contribution in [2.45, 2.75) is 37.8 Å². The van der Waals surface area contributed by atoms with Gasteiger partial charge in [-0.1, -0.05) is 30.3 Å². The Bertz CT molecular complexity index is 1660. The fourth-order valence-electron chi connectivity index (χ4n) is 5.74. The highest BCUT2D eigenvalue weighted by atomic mass is 16.3. The van der Waals surface area contributed by atoms with Gasteiger partial charge in [-0.15, -0.1) is 0 Å². The third-order valence-electron chi connectivity index (χ3n) is 7.65. The molecule has 9 nitrogen and oxygen atoms in total. The maximum Gasteiger partial charge on any atom is 0.203 e. The molecule has 4 heterocycles. The number of imidazole rings is 2. The van der Waals surface area contributed by atoms with Gasteiger partial charge in [0, 0.05) is 35.1 Å². The number of aliphatic hydroxyl groups is 1. The highest BCUT2D eigenvalue weighted by Gasteiger charge is 2.31. The smallest absolute Gasteiger partial charge is 0.203 e. The van der Waals surface area contributed by atoms with Crippen LogP contribution in [-0.2, 0) is 0 Å². The van der Waals surface area contributed by atoms with E-state index in [0.717, 1.165) is 70.3 Å². The summed E-state index contributed by atoms with van der Waals surface area (Å²) in [5.74, 6) is 2.46. The minimum Gasteiger partial charge on any atom is -0.382 e. The molecule has 37 heavy (non-hydrogen) atoms. The number of rotatable bonds is 5. The third kappa shape index (κ3) is 3.79. The van der Waals surface area contributed by atoms with Crippen molar-refractivity contribution in [1.29, 1.82) is 0 Å². The highest BCUT2D eigenvalue weighted by Crippen LogP contribution is 2.39. The molecular weight excluding hydrogens is 464 g/mol. The van der Waals surface area contributed by atoms with Crippen LogP contribution in [0.3, 0.4) is 0 Å². The molecule has 0 aliphatic heterocycles. The van der Waals surface area contributed by atoms with E-state index in [9.17, 15) is 5.11 Å². The number of nitrogens with two attached hydrogens (primary N) is 1. The van der Waals surface area contributed by atoms with Crippen molar-refractivity contribution >= 4 is 39.2 Å². The van der Waals surface area contributed by atoms with Crippen molar-refractivity contribution in [3.63, 3.8) is 0 Å². The predicted molar refractivity (Wildman–Crippen MR) is 145 cm³/mol. The van der Waals surface area contributed by atoms with Gasteiger partial charge in [0.1, 0.15) is 29.1 Å². The quantitative estimate of drug-likeness (QED) is 0.214. The van der Waals surface area contributed by atoms with Gasteiger partial charge in [0.2, 0.25) is 5.95 Å². The molecule has 0 saturated heterocycles. The minimum absolute atomic E-state index is 0.135. The zero-order valence-electron chi connectivity index (χ0n) is 20.2. The van der Waals surface area contributed by atoms with Crippen LogP contribution in [0.4, 0.5) is 11.8 Å². The second-order valence-corrected chi connectivity index (χ2v) is 9.92. The van der Waals surface area contributed by atoms with Gasteiger partial charge in [-0.05, 0) is 49.9 Å². The van der Waals surface area contributed by atoms with Crippen molar-refractivity contribution in [3.8, 4) is 11.4 Å². The standard InChI is InChI=1S/C28H28N8O/c29-25-24-23(22-15-18-5-1-2-6-19(18)31-22)34-26(36(24)14-13-30-25)16-9-11-17(12-10-16)27(37)35-28-32-20-7-3-4-8-21(20)33-28/h1-8,13-17,27,31,37H,9-12H2,(H2,29,30)(H2,32,33,35)/t16?,17?,27-/m1/s1. The van der Waals surface area contributed by atoms with Crippen LogP contribution in [0.2, 0.25) is 0 Å². The first-order valence-corrected chi connectivity index (χ1v) is 12.7. The summed E-state index contributed by atoms with van der Waals surface area (Å²) >= 11 is 0. The summed E-state index contributed by atoms with van der Waals surface area (Å²) in [6.45, 7) is 0. The maximum atomic E-state index is 10.9. The van der Waals surface area contributed by atoms with Gasteiger partial charge in [-0.25, -0.2) is 15.0 Å². The molecule has 0 bridgehead atoms. The van der Waals surface area contributed by atoms with Crippen LogP contribution in [0.15, 0.2) is 67.0 Å². The average molecular weight is 493 g/mol. The van der Waals surface area contributed by atoms with E-state index in [1.165, 1.54) is 0 Å². The van der Waals surface area contributed by atoms with Gasteiger partial charge in [-0.2, -0.15) is 0 Å². The summed E-state index contributed by atoms with van der Waals surface area (Å²) in [7, 11) is 0. The van der Waals surface area contributed by atoms with E-state index in [1.54, 1.807) is 6.20 Å². The molecule has 6 N–H and O–H groups in total. The van der Waals surface area contributed by atoms with Crippen LogP contribution in [0.5, 0.6) is 0 Å². The molecule has 1 aliphatic carbocycles. The Morgan fingerprint density at radius 3 is 2.57 bits per heavy atom. The molecule has 0 radical (unpaired) electrons. The molecule has 2 aromatic carbocycles. The van der Waals surface area contributed by atoms with Crippen molar-refractivity contribution in [3.05, 3.63) is 72.8 Å². The maximum absolute atomic E-state index is 10.9.